The molecule has 0 aromatic heterocycles. The fraction of sp³-hybridized carbons (Fsp3) is 0.680. The summed E-state index contributed by atoms with van der Waals surface area (Å²) in [6.07, 6.45) is 16.3. The number of thioether (sulfide) groups is 1. The van der Waals surface area contributed by atoms with Crippen molar-refractivity contribution in [3.63, 3.8) is 0 Å². The van der Waals surface area contributed by atoms with Crippen LogP contribution in [0.5, 0.6) is 0 Å². The van der Waals surface area contributed by atoms with Crippen LogP contribution in [0.3, 0.4) is 0 Å². The van der Waals surface area contributed by atoms with Gasteiger partial charge in [0.2, 0.25) is 0 Å². The number of unbranched alkanes of at least 4 members (excludes halogenated alkanes) is 11. The molecule has 1 aromatic rings. The van der Waals surface area contributed by atoms with Crippen molar-refractivity contribution in [2.75, 3.05) is 17.7 Å². The van der Waals surface area contributed by atoms with Crippen molar-refractivity contribution >= 4 is 39.8 Å². The van der Waals surface area contributed by atoms with Crippen molar-refractivity contribution in [1.82, 2.24) is 0 Å². The molecule has 2 N–H and O–H groups in total. The lowest BCUT2D eigenvalue weighted by molar-refractivity contribution is -0.384. The molecule has 0 radical (unpaired) electrons. The third-order valence-corrected chi connectivity index (χ3v) is 6.34. The molecule has 33 heavy (non-hydrogen) atoms. The topological polar surface area (TPSA) is 105 Å². The first-order valence-corrected chi connectivity index (χ1v) is 13.4. The van der Waals surface area contributed by atoms with Crippen LogP contribution in [0.2, 0.25) is 0 Å². The SMILES string of the molecule is CCCCCCCCCCCCCCSC(=N)CC(=O)OCC.O=[N+]([O-])c1ccc2cc1N2. The Labute approximate surface area is 203 Å². The zero-order valence-corrected chi connectivity index (χ0v) is 21.1. The molecule has 1 aromatic carbocycles. The molecule has 186 valence electrons. The second-order valence-electron chi connectivity index (χ2n) is 8.26. The number of fused-ring (bicyclic) bond motifs is 2. The highest BCUT2D eigenvalue weighted by molar-refractivity contribution is 8.13. The van der Waals surface area contributed by atoms with Crippen molar-refractivity contribution in [2.45, 2.75) is 97.3 Å². The molecular formula is C25H41N3O4S. The molecule has 0 saturated carbocycles. The average molecular weight is 480 g/mol. The number of rotatable bonds is 17. The fourth-order valence-corrected chi connectivity index (χ4v) is 4.30. The summed E-state index contributed by atoms with van der Waals surface area (Å²) in [5, 5.41) is 21.2. The first kappa shape index (κ1) is 28.9. The van der Waals surface area contributed by atoms with Gasteiger partial charge in [-0.05, 0) is 31.2 Å². The van der Waals surface area contributed by atoms with Gasteiger partial charge in [-0.15, -0.1) is 11.8 Å². The number of nitro benzene ring substituents is 1. The fourth-order valence-electron chi connectivity index (χ4n) is 3.48. The summed E-state index contributed by atoms with van der Waals surface area (Å²) in [6, 6.07) is 4.93. The van der Waals surface area contributed by atoms with Gasteiger partial charge in [-0.1, -0.05) is 77.6 Å². The highest BCUT2D eigenvalue weighted by Crippen LogP contribution is 2.37. The molecule has 0 saturated heterocycles. The predicted molar refractivity (Wildman–Crippen MR) is 139 cm³/mol. The van der Waals surface area contributed by atoms with Crippen LogP contribution in [0.4, 0.5) is 17.1 Å². The van der Waals surface area contributed by atoms with E-state index in [0.29, 0.717) is 17.3 Å². The van der Waals surface area contributed by atoms with E-state index in [1.54, 1.807) is 19.1 Å². The van der Waals surface area contributed by atoms with E-state index in [1.807, 2.05) is 0 Å². The maximum Gasteiger partial charge on any atom is 0.312 e. The largest absolute Gasteiger partial charge is 0.466 e. The highest BCUT2D eigenvalue weighted by atomic mass is 32.2. The third-order valence-electron chi connectivity index (χ3n) is 5.36. The number of hydrogen-bond acceptors (Lipinski definition) is 7. The van der Waals surface area contributed by atoms with E-state index in [9.17, 15) is 14.9 Å². The number of carbonyl (C=O) groups excluding carboxylic acids is 1. The van der Waals surface area contributed by atoms with Crippen LogP contribution in [0.1, 0.15) is 97.3 Å². The van der Waals surface area contributed by atoms with Gasteiger partial charge in [0, 0.05) is 11.8 Å². The summed E-state index contributed by atoms with van der Waals surface area (Å²) in [5.41, 5.74) is 1.71. The van der Waals surface area contributed by atoms with Gasteiger partial charge in [0.05, 0.1) is 23.0 Å². The lowest BCUT2D eigenvalue weighted by Gasteiger charge is -2.16. The summed E-state index contributed by atoms with van der Waals surface area (Å²) in [6.45, 7) is 4.46. The first-order chi connectivity index (χ1) is 16.0. The summed E-state index contributed by atoms with van der Waals surface area (Å²) >= 11 is 1.49. The van der Waals surface area contributed by atoms with E-state index >= 15 is 0 Å². The Hall–Kier alpha value is -2.09. The first-order valence-electron chi connectivity index (χ1n) is 12.4. The Morgan fingerprint density at radius 2 is 1.55 bits per heavy atom. The van der Waals surface area contributed by atoms with Crippen LogP contribution in [0, 0.1) is 15.5 Å². The molecule has 8 heteroatoms. The van der Waals surface area contributed by atoms with Crippen LogP contribution < -0.4 is 5.32 Å². The maximum atomic E-state index is 11.2. The van der Waals surface area contributed by atoms with Crippen molar-refractivity contribution in [1.29, 1.82) is 5.41 Å². The molecule has 2 heterocycles. The Morgan fingerprint density at radius 1 is 1.00 bits per heavy atom. The van der Waals surface area contributed by atoms with E-state index < -0.39 is 4.92 Å². The van der Waals surface area contributed by atoms with E-state index in [2.05, 4.69) is 12.2 Å². The molecule has 0 aliphatic carbocycles. The van der Waals surface area contributed by atoms with Crippen molar-refractivity contribution in [3.05, 3.63) is 28.3 Å². The van der Waals surface area contributed by atoms with Crippen LogP contribution in [0.15, 0.2) is 18.2 Å². The molecule has 0 unspecified atom stereocenters. The number of esters is 1. The monoisotopic (exact) mass is 479 g/mol. The zero-order valence-electron chi connectivity index (χ0n) is 20.3. The molecule has 2 aliphatic rings. The molecule has 0 fully saturated rings. The molecule has 2 aliphatic heterocycles. The number of hydrogen-bond donors (Lipinski definition) is 2. The van der Waals surface area contributed by atoms with Gasteiger partial charge in [0.15, 0.2) is 0 Å². The number of nitro groups is 1. The number of anilines is 2. The Morgan fingerprint density at radius 3 is 1.97 bits per heavy atom. The molecule has 7 nitrogen and oxygen atoms in total. The van der Waals surface area contributed by atoms with Gasteiger partial charge in [0.25, 0.3) is 5.69 Å². The third kappa shape index (κ3) is 13.9. The number of nitrogens with zero attached hydrogens (tertiary/aromatic N) is 1. The normalized spacial score (nSPS) is 11.0. The van der Waals surface area contributed by atoms with Crippen LogP contribution in [-0.4, -0.2) is 28.3 Å². The predicted octanol–water partition coefficient (Wildman–Crippen LogP) is 8.00. The van der Waals surface area contributed by atoms with Gasteiger partial charge in [-0.25, -0.2) is 0 Å². The standard InChI is InChI=1S/C19H37NO2S.C6H4N2O2/c1-3-5-6-7-8-9-10-11-12-13-14-15-16-23-18(20)17-19(21)22-4-2;9-8(10)6-2-1-4-3-5(6)7-4/h20H,3-17H2,1-2H3;1-3,7H. The second-order valence-corrected chi connectivity index (χ2v) is 9.45. The van der Waals surface area contributed by atoms with Crippen molar-refractivity contribution < 1.29 is 14.5 Å². The Bertz CT molecular complexity index is 724. The minimum Gasteiger partial charge on any atom is -0.466 e. The minimum absolute atomic E-state index is 0.136. The molecular weight excluding hydrogens is 438 g/mol. The number of benzene rings is 1. The van der Waals surface area contributed by atoms with E-state index in [-0.39, 0.29) is 18.1 Å². The molecule has 3 rings (SSSR count). The Balaban J connectivity index is 0.000000442. The van der Waals surface area contributed by atoms with Crippen LogP contribution >= 0.6 is 11.8 Å². The van der Waals surface area contributed by atoms with E-state index in [4.69, 9.17) is 10.1 Å². The quantitative estimate of drug-likeness (QED) is 0.0594. The molecule has 0 spiro atoms. The lowest BCUT2D eigenvalue weighted by Crippen LogP contribution is -2.08. The maximum absolute atomic E-state index is 11.2. The van der Waals surface area contributed by atoms with Gasteiger partial charge >= 0.3 is 5.97 Å². The lowest BCUT2D eigenvalue weighted by atomic mass is 10.1. The molecule has 0 amide bonds. The van der Waals surface area contributed by atoms with Gasteiger partial charge in [-0.3, -0.25) is 20.3 Å². The van der Waals surface area contributed by atoms with Gasteiger partial charge in [-0.2, -0.15) is 0 Å². The van der Waals surface area contributed by atoms with Crippen LogP contribution in [0.25, 0.3) is 0 Å². The molecule has 0 atom stereocenters. The summed E-state index contributed by atoms with van der Waals surface area (Å²) in [7, 11) is 0. The van der Waals surface area contributed by atoms with Crippen LogP contribution in [-0.2, 0) is 9.53 Å². The summed E-state index contributed by atoms with van der Waals surface area (Å²) in [5.74, 6) is 0.676. The second kappa shape index (κ2) is 18.3. The number of carbonyl (C=O) groups is 1. The van der Waals surface area contributed by atoms with Crippen molar-refractivity contribution in [2.24, 2.45) is 0 Å². The minimum atomic E-state index is -0.398. The molecule has 2 bridgehead atoms. The highest BCUT2D eigenvalue weighted by Gasteiger charge is 2.20. The van der Waals surface area contributed by atoms with Gasteiger partial charge < -0.3 is 10.1 Å². The zero-order chi connectivity index (χ0) is 24.3. The number of nitrogens with one attached hydrogen (secondary N) is 2. The Kier molecular flexibility index (Phi) is 16.1. The van der Waals surface area contributed by atoms with Crippen molar-refractivity contribution in [3.8, 4) is 0 Å². The summed E-state index contributed by atoms with van der Waals surface area (Å²) in [4.78, 5) is 21.0. The van der Waals surface area contributed by atoms with Gasteiger partial charge in [0.1, 0.15) is 5.69 Å². The number of ether oxygens (including phenoxy) is 1. The van der Waals surface area contributed by atoms with E-state index in [0.717, 1.165) is 17.9 Å². The van der Waals surface area contributed by atoms with E-state index in [1.165, 1.54) is 88.5 Å². The average Bonchev–Trinajstić information content (AvgIpc) is 2.77. The summed E-state index contributed by atoms with van der Waals surface area (Å²) < 4.78 is 4.84. The smallest absolute Gasteiger partial charge is 0.312 e.